The van der Waals surface area contributed by atoms with Crippen LogP contribution in [0.5, 0.6) is 5.75 Å². The molecular formula is C27H25N3O2S. The van der Waals surface area contributed by atoms with Crippen molar-refractivity contribution >= 4 is 23.0 Å². The first-order chi connectivity index (χ1) is 16.1. The Labute approximate surface area is 199 Å². The van der Waals surface area contributed by atoms with Crippen LogP contribution < -0.4 is 15.0 Å². The molecule has 6 heteroatoms. The number of aromatic nitrogens is 1. The minimum atomic E-state index is -0.193. The molecule has 166 valence electrons. The maximum absolute atomic E-state index is 6.39. The smallest absolute Gasteiger partial charge is 0.174 e. The van der Waals surface area contributed by atoms with Crippen LogP contribution in [0.4, 0.5) is 5.69 Å². The van der Waals surface area contributed by atoms with E-state index in [-0.39, 0.29) is 18.2 Å². The van der Waals surface area contributed by atoms with Gasteiger partial charge >= 0.3 is 0 Å². The summed E-state index contributed by atoms with van der Waals surface area (Å²) < 4.78 is 12.2. The maximum Gasteiger partial charge on any atom is 0.174 e. The molecule has 0 saturated carbocycles. The van der Waals surface area contributed by atoms with Gasteiger partial charge in [0.2, 0.25) is 0 Å². The minimum absolute atomic E-state index is 0.117. The quantitative estimate of drug-likeness (QED) is 0.344. The van der Waals surface area contributed by atoms with Crippen molar-refractivity contribution < 1.29 is 9.15 Å². The van der Waals surface area contributed by atoms with Gasteiger partial charge in [0.25, 0.3) is 0 Å². The molecule has 1 fully saturated rings. The summed E-state index contributed by atoms with van der Waals surface area (Å²) in [6, 6.07) is 27.7. The van der Waals surface area contributed by atoms with E-state index < -0.39 is 0 Å². The number of hydrogen-bond donors (Lipinski definition) is 1. The molecule has 5 rings (SSSR count). The summed E-state index contributed by atoms with van der Waals surface area (Å²) in [5.41, 5.74) is 2.91. The fourth-order valence-electron chi connectivity index (χ4n) is 4.15. The predicted octanol–water partition coefficient (Wildman–Crippen LogP) is 6.31. The zero-order valence-corrected chi connectivity index (χ0v) is 19.3. The first kappa shape index (κ1) is 21.2. The van der Waals surface area contributed by atoms with Gasteiger partial charge in [0, 0.05) is 17.4 Å². The number of furan rings is 1. The summed E-state index contributed by atoms with van der Waals surface area (Å²) in [6.07, 6.45) is 1.92. The number of nitrogens with one attached hydrogen (secondary N) is 1. The third-order valence-corrected chi connectivity index (χ3v) is 5.88. The minimum Gasteiger partial charge on any atom is -0.491 e. The molecule has 0 radical (unpaired) electrons. The standard InChI is InChI=1S/C27H25N3O2S/c1-18(2)31-21-13-11-20(12-14-21)30-26(25(29-27(30)33)22-10-6-7-17-28-22)24-16-15-23(32-24)19-8-4-3-5-9-19/h3-18,25-26H,1-2H3,(H,29,33)/t25-,26-/m0/s1. The molecule has 0 unspecified atom stereocenters. The zero-order valence-electron chi connectivity index (χ0n) is 18.5. The number of thiocarbonyl (C=S) groups is 1. The number of hydrogen-bond acceptors (Lipinski definition) is 4. The SMILES string of the molecule is CC(C)Oc1ccc(N2C(=S)N[C@@H](c3ccccn3)[C@@H]2c2ccc(-c3ccccc3)o2)cc1. The van der Waals surface area contributed by atoms with Gasteiger partial charge in [-0.2, -0.15) is 0 Å². The van der Waals surface area contributed by atoms with Crippen LogP contribution in [-0.4, -0.2) is 16.2 Å². The van der Waals surface area contributed by atoms with Crippen LogP contribution >= 0.6 is 12.2 Å². The number of anilines is 1. The van der Waals surface area contributed by atoms with Crippen molar-refractivity contribution in [3.05, 3.63) is 103 Å². The van der Waals surface area contributed by atoms with E-state index in [0.29, 0.717) is 5.11 Å². The highest BCUT2D eigenvalue weighted by atomic mass is 32.1. The third-order valence-electron chi connectivity index (χ3n) is 5.56. The second kappa shape index (κ2) is 9.08. The largest absolute Gasteiger partial charge is 0.491 e. The summed E-state index contributed by atoms with van der Waals surface area (Å²) in [7, 11) is 0. The molecule has 2 aromatic carbocycles. The highest BCUT2D eigenvalue weighted by molar-refractivity contribution is 7.80. The molecule has 1 aliphatic rings. The molecule has 5 nitrogen and oxygen atoms in total. The number of ether oxygens (including phenoxy) is 1. The fraction of sp³-hybridized carbons (Fsp3) is 0.185. The van der Waals surface area contributed by atoms with E-state index in [1.165, 1.54) is 0 Å². The molecular weight excluding hydrogens is 430 g/mol. The van der Waals surface area contributed by atoms with Crippen LogP contribution in [0.25, 0.3) is 11.3 Å². The highest BCUT2D eigenvalue weighted by Gasteiger charge is 2.42. The lowest BCUT2D eigenvalue weighted by Crippen LogP contribution is -2.29. The van der Waals surface area contributed by atoms with E-state index in [4.69, 9.17) is 21.4 Å². The van der Waals surface area contributed by atoms with E-state index in [2.05, 4.69) is 15.2 Å². The van der Waals surface area contributed by atoms with Crippen molar-refractivity contribution in [3.63, 3.8) is 0 Å². The summed E-state index contributed by atoms with van der Waals surface area (Å²) in [4.78, 5) is 6.70. The lowest BCUT2D eigenvalue weighted by Gasteiger charge is -2.26. The van der Waals surface area contributed by atoms with Crippen molar-refractivity contribution in [1.29, 1.82) is 0 Å². The Morgan fingerprint density at radius 3 is 2.39 bits per heavy atom. The molecule has 1 N–H and O–H groups in total. The van der Waals surface area contributed by atoms with Crippen molar-refractivity contribution in [2.75, 3.05) is 4.90 Å². The normalized spacial score (nSPS) is 17.9. The summed E-state index contributed by atoms with van der Waals surface area (Å²) in [5, 5.41) is 4.10. The van der Waals surface area contributed by atoms with E-state index >= 15 is 0 Å². The van der Waals surface area contributed by atoms with Gasteiger partial charge in [-0.05, 0) is 74.6 Å². The molecule has 0 spiro atoms. The van der Waals surface area contributed by atoms with Gasteiger partial charge in [-0.15, -0.1) is 0 Å². The van der Waals surface area contributed by atoms with Crippen molar-refractivity contribution in [2.24, 2.45) is 0 Å². The van der Waals surface area contributed by atoms with E-state index in [9.17, 15) is 0 Å². The number of nitrogens with zero attached hydrogens (tertiary/aromatic N) is 2. The fourth-order valence-corrected chi connectivity index (χ4v) is 4.49. The maximum atomic E-state index is 6.39. The first-order valence-electron chi connectivity index (χ1n) is 11.0. The predicted molar refractivity (Wildman–Crippen MR) is 134 cm³/mol. The second-order valence-electron chi connectivity index (χ2n) is 8.23. The van der Waals surface area contributed by atoms with Crippen LogP contribution in [0.15, 0.2) is 95.5 Å². The van der Waals surface area contributed by atoms with Gasteiger partial charge in [-0.25, -0.2) is 0 Å². The average Bonchev–Trinajstić information content (AvgIpc) is 3.45. The van der Waals surface area contributed by atoms with Crippen molar-refractivity contribution in [2.45, 2.75) is 32.0 Å². The van der Waals surface area contributed by atoms with E-state index in [1.807, 2.05) is 98.8 Å². The Bertz CT molecular complexity index is 1220. The monoisotopic (exact) mass is 455 g/mol. The summed E-state index contributed by atoms with van der Waals surface area (Å²) in [6.45, 7) is 4.03. The van der Waals surface area contributed by atoms with Crippen LogP contribution in [0.1, 0.15) is 37.4 Å². The number of pyridine rings is 1. The first-order valence-corrected chi connectivity index (χ1v) is 11.4. The van der Waals surface area contributed by atoms with Gasteiger partial charge < -0.3 is 19.4 Å². The van der Waals surface area contributed by atoms with Gasteiger partial charge in [0.15, 0.2) is 5.11 Å². The molecule has 4 aromatic rings. The lowest BCUT2D eigenvalue weighted by molar-refractivity contribution is 0.242. The molecule has 33 heavy (non-hydrogen) atoms. The summed E-state index contributed by atoms with van der Waals surface area (Å²) >= 11 is 5.79. The van der Waals surface area contributed by atoms with Gasteiger partial charge in [-0.3, -0.25) is 4.98 Å². The van der Waals surface area contributed by atoms with Gasteiger partial charge in [-0.1, -0.05) is 36.4 Å². The van der Waals surface area contributed by atoms with E-state index in [1.54, 1.807) is 6.20 Å². The lowest BCUT2D eigenvalue weighted by atomic mass is 10.0. The second-order valence-corrected chi connectivity index (χ2v) is 8.61. The Hall–Kier alpha value is -3.64. The Morgan fingerprint density at radius 1 is 0.939 bits per heavy atom. The number of rotatable bonds is 6. The molecule has 1 aliphatic heterocycles. The van der Waals surface area contributed by atoms with Crippen LogP contribution in [0.3, 0.4) is 0 Å². The van der Waals surface area contributed by atoms with Gasteiger partial charge in [0.05, 0.1) is 17.8 Å². The van der Waals surface area contributed by atoms with Crippen molar-refractivity contribution in [1.82, 2.24) is 10.3 Å². The molecule has 1 saturated heterocycles. The highest BCUT2D eigenvalue weighted by Crippen LogP contribution is 2.43. The summed E-state index contributed by atoms with van der Waals surface area (Å²) in [5.74, 6) is 2.47. The molecule has 2 aromatic heterocycles. The average molecular weight is 456 g/mol. The molecule has 2 atom stereocenters. The molecule has 0 aliphatic carbocycles. The molecule has 0 amide bonds. The van der Waals surface area contributed by atoms with Crippen LogP contribution in [-0.2, 0) is 0 Å². The van der Waals surface area contributed by atoms with E-state index in [0.717, 1.165) is 34.2 Å². The molecule has 3 heterocycles. The molecule has 0 bridgehead atoms. The third kappa shape index (κ3) is 4.34. The van der Waals surface area contributed by atoms with Crippen LogP contribution in [0, 0.1) is 0 Å². The van der Waals surface area contributed by atoms with Gasteiger partial charge in [0.1, 0.15) is 23.3 Å². The van der Waals surface area contributed by atoms with Crippen LogP contribution in [0.2, 0.25) is 0 Å². The van der Waals surface area contributed by atoms with Crippen molar-refractivity contribution in [3.8, 4) is 17.1 Å². The zero-order chi connectivity index (χ0) is 22.8. The number of benzene rings is 2. The topological polar surface area (TPSA) is 50.5 Å². The Morgan fingerprint density at radius 2 is 1.70 bits per heavy atom. The Balaban J connectivity index is 1.55. The Kier molecular flexibility index (Phi) is 5.84.